The smallest absolute Gasteiger partial charge is 0.354 e. The Hall–Kier alpha value is -3.61. The van der Waals surface area contributed by atoms with Gasteiger partial charge in [-0.2, -0.15) is 0 Å². The molecule has 3 rings (SSSR count). The van der Waals surface area contributed by atoms with Crippen molar-refractivity contribution >= 4 is 11.9 Å². The van der Waals surface area contributed by atoms with Gasteiger partial charge in [0.2, 0.25) is 0 Å². The first-order chi connectivity index (χ1) is 11.6. The van der Waals surface area contributed by atoms with Crippen LogP contribution in [0, 0.1) is 0 Å². The molecule has 3 heterocycles. The molecule has 7 heteroatoms. The molecule has 7 nitrogen and oxygen atoms in total. The van der Waals surface area contributed by atoms with Crippen molar-refractivity contribution < 1.29 is 19.8 Å². The van der Waals surface area contributed by atoms with Gasteiger partial charge in [-0.3, -0.25) is 4.98 Å². The summed E-state index contributed by atoms with van der Waals surface area (Å²) >= 11 is 0. The van der Waals surface area contributed by atoms with Gasteiger partial charge in [0, 0.05) is 24.8 Å². The summed E-state index contributed by atoms with van der Waals surface area (Å²) in [5, 5.41) is 16.6. The lowest BCUT2D eigenvalue weighted by Crippen LogP contribution is -1.97. The molecule has 0 aliphatic heterocycles. The van der Waals surface area contributed by atoms with Crippen molar-refractivity contribution in [3.8, 4) is 0 Å². The Morgan fingerprint density at radius 2 is 1.04 bits per heavy atom. The molecule has 0 radical (unpaired) electrons. The number of aromatic carboxylic acids is 2. The van der Waals surface area contributed by atoms with Crippen molar-refractivity contribution in [3.05, 3.63) is 90.8 Å². The highest BCUT2D eigenvalue weighted by atomic mass is 16.4. The standard InChI is InChI=1S/2C6H5NO2.C5H5N/c2*8-6(9)5-3-1-2-4-7-5;1-2-4-6-5-3-1/h2*1-4H,(H,8,9);1-5H. The zero-order valence-corrected chi connectivity index (χ0v) is 12.6. The van der Waals surface area contributed by atoms with Crippen molar-refractivity contribution in [3.63, 3.8) is 0 Å². The number of hydrogen-bond donors (Lipinski definition) is 2. The van der Waals surface area contributed by atoms with Crippen LogP contribution in [0.2, 0.25) is 0 Å². The van der Waals surface area contributed by atoms with Crippen LogP contribution >= 0.6 is 0 Å². The minimum Gasteiger partial charge on any atom is -0.477 e. The van der Waals surface area contributed by atoms with Gasteiger partial charge >= 0.3 is 11.9 Å². The number of aromatic nitrogens is 3. The van der Waals surface area contributed by atoms with E-state index in [0.717, 1.165) is 0 Å². The maximum Gasteiger partial charge on any atom is 0.354 e. The summed E-state index contributed by atoms with van der Waals surface area (Å²) in [6.45, 7) is 0. The molecular weight excluding hydrogens is 310 g/mol. The summed E-state index contributed by atoms with van der Waals surface area (Å²) in [7, 11) is 0. The van der Waals surface area contributed by atoms with E-state index in [9.17, 15) is 9.59 Å². The number of hydrogen-bond acceptors (Lipinski definition) is 5. The second kappa shape index (κ2) is 11.0. The quantitative estimate of drug-likeness (QED) is 0.744. The molecule has 0 unspecified atom stereocenters. The third-order valence-corrected chi connectivity index (χ3v) is 2.33. The highest BCUT2D eigenvalue weighted by Gasteiger charge is 1.99. The van der Waals surface area contributed by atoms with Crippen LogP contribution < -0.4 is 0 Å². The van der Waals surface area contributed by atoms with Crippen molar-refractivity contribution in [2.75, 3.05) is 0 Å². The molecule has 122 valence electrons. The zero-order chi connectivity index (χ0) is 17.6. The molecule has 0 aliphatic carbocycles. The van der Waals surface area contributed by atoms with E-state index in [1.807, 2.05) is 18.2 Å². The van der Waals surface area contributed by atoms with Crippen LogP contribution in [-0.2, 0) is 0 Å². The predicted molar refractivity (Wildman–Crippen MR) is 86.6 cm³/mol. The van der Waals surface area contributed by atoms with Crippen LogP contribution in [0.3, 0.4) is 0 Å². The first-order valence-electron chi connectivity index (χ1n) is 6.75. The van der Waals surface area contributed by atoms with Crippen LogP contribution in [-0.4, -0.2) is 37.1 Å². The fourth-order valence-corrected chi connectivity index (χ4v) is 1.29. The highest BCUT2D eigenvalue weighted by molar-refractivity contribution is 5.85. The summed E-state index contributed by atoms with van der Waals surface area (Å²) in [5.74, 6) is -1.98. The fraction of sp³-hybridized carbons (Fsp3) is 0. The number of carboxylic acids is 2. The largest absolute Gasteiger partial charge is 0.477 e. The Morgan fingerprint density at radius 3 is 1.21 bits per heavy atom. The van der Waals surface area contributed by atoms with Gasteiger partial charge in [-0.25, -0.2) is 19.6 Å². The lowest BCUT2D eigenvalue weighted by Gasteiger charge is -1.87. The maximum absolute atomic E-state index is 10.1. The van der Waals surface area contributed by atoms with Crippen molar-refractivity contribution in [1.29, 1.82) is 0 Å². The Bertz CT molecular complexity index is 646. The van der Waals surface area contributed by atoms with Gasteiger partial charge in [-0.1, -0.05) is 18.2 Å². The predicted octanol–water partition coefficient (Wildman–Crippen LogP) is 2.64. The lowest BCUT2D eigenvalue weighted by molar-refractivity contribution is 0.0680. The number of pyridine rings is 3. The van der Waals surface area contributed by atoms with Crippen molar-refractivity contribution in [2.24, 2.45) is 0 Å². The van der Waals surface area contributed by atoms with Crippen molar-refractivity contribution in [2.45, 2.75) is 0 Å². The molecule has 0 aliphatic rings. The first kappa shape index (κ1) is 18.4. The van der Waals surface area contributed by atoms with E-state index in [-0.39, 0.29) is 11.4 Å². The molecule has 0 spiro atoms. The topological polar surface area (TPSA) is 113 Å². The molecule has 0 bridgehead atoms. The van der Waals surface area contributed by atoms with E-state index in [0.29, 0.717) is 0 Å². The van der Waals surface area contributed by atoms with E-state index < -0.39 is 11.9 Å². The minimum atomic E-state index is -0.990. The molecule has 0 atom stereocenters. The van der Waals surface area contributed by atoms with E-state index >= 15 is 0 Å². The average Bonchev–Trinajstić information content (AvgIpc) is 2.65. The minimum absolute atomic E-state index is 0.0810. The second-order valence-corrected chi connectivity index (χ2v) is 4.06. The third-order valence-electron chi connectivity index (χ3n) is 2.33. The van der Waals surface area contributed by atoms with Crippen LogP contribution in [0.15, 0.2) is 79.4 Å². The van der Waals surface area contributed by atoms with E-state index in [1.54, 1.807) is 36.7 Å². The number of nitrogens with zero attached hydrogens (tertiary/aromatic N) is 3. The van der Waals surface area contributed by atoms with Crippen LogP contribution in [0.5, 0.6) is 0 Å². The van der Waals surface area contributed by atoms with E-state index in [2.05, 4.69) is 15.0 Å². The molecule has 0 saturated heterocycles. The number of carboxylic acid groups (broad SMARTS) is 2. The first-order valence-corrected chi connectivity index (χ1v) is 6.75. The highest BCUT2D eigenvalue weighted by Crippen LogP contribution is 1.91. The van der Waals surface area contributed by atoms with Gasteiger partial charge in [0.1, 0.15) is 11.4 Å². The Labute approximate surface area is 138 Å². The maximum atomic E-state index is 10.1. The van der Waals surface area contributed by atoms with Crippen molar-refractivity contribution in [1.82, 2.24) is 15.0 Å². The SMILES string of the molecule is O=C(O)c1ccccn1.O=C(O)c1ccccn1.c1ccncc1. The summed E-state index contributed by atoms with van der Waals surface area (Å²) < 4.78 is 0. The fourth-order valence-electron chi connectivity index (χ4n) is 1.29. The molecule has 3 aromatic rings. The number of rotatable bonds is 2. The van der Waals surface area contributed by atoms with Gasteiger partial charge in [-0.05, 0) is 36.4 Å². The van der Waals surface area contributed by atoms with Gasteiger partial charge in [0.15, 0.2) is 0 Å². The molecule has 0 saturated carbocycles. The molecule has 24 heavy (non-hydrogen) atoms. The molecule has 0 amide bonds. The van der Waals surface area contributed by atoms with Gasteiger partial charge < -0.3 is 10.2 Å². The van der Waals surface area contributed by atoms with Crippen LogP contribution in [0.4, 0.5) is 0 Å². The third kappa shape index (κ3) is 7.99. The molecule has 0 fully saturated rings. The summed E-state index contributed by atoms with van der Waals surface area (Å²) in [6.07, 6.45) is 6.40. The summed E-state index contributed by atoms with van der Waals surface area (Å²) in [6, 6.07) is 15.2. The second-order valence-electron chi connectivity index (χ2n) is 4.06. The van der Waals surface area contributed by atoms with Gasteiger partial charge in [0.25, 0.3) is 0 Å². The molecular formula is C17H15N3O4. The molecule has 3 aromatic heterocycles. The molecule has 0 aromatic carbocycles. The van der Waals surface area contributed by atoms with Crippen LogP contribution in [0.25, 0.3) is 0 Å². The summed E-state index contributed by atoms with van der Waals surface area (Å²) in [5.41, 5.74) is 0.162. The van der Waals surface area contributed by atoms with E-state index in [4.69, 9.17) is 10.2 Å². The summed E-state index contributed by atoms with van der Waals surface area (Å²) in [4.78, 5) is 31.2. The Balaban J connectivity index is 0.000000184. The lowest BCUT2D eigenvalue weighted by atomic mass is 10.4. The number of carbonyl (C=O) groups is 2. The molecule has 2 N–H and O–H groups in total. The normalized spacial score (nSPS) is 8.67. The van der Waals surface area contributed by atoms with E-state index in [1.165, 1.54) is 24.5 Å². The average molecular weight is 325 g/mol. The zero-order valence-electron chi connectivity index (χ0n) is 12.6. The van der Waals surface area contributed by atoms with Gasteiger partial charge in [0.05, 0.1) is 0 Å². The van der Waals surface area contributed by atoms with Crippen LogP contribution in [0.1, 0.15) is 21.0 Å². The Morgan fingerprint density at radius 1 is 0.625 bits per heavy atom. The monoisotopic (exact) mass is 325 g/mol. The Kier molecular flexibility index (Phi) is 8.47. The van der Waals surface area contributed by atoms with Gasteiger partial charge in [-0.15, -0.1) is 0 Å².